The minimum absolute atomic E-state index is 0.195. The van der Waals surface area contributed by atoms with Gasteiger partial charge in [-0.15, -0.1) is 0 Å². The number of pyridine rings is 1. The standard InChI is InChI=1S/C16H17NO4/c1-2-3-4-5-12-11(16(18)19)6-10-7-14-15(21-9-20-14)8-13(10)17-12/h6-8H,2-5,9H2,1H3,(H,18,19). The van der Waals surface area contributed by atoms with Crippen LogP contribution in [-0.2, 0) is 6.42 Å². The zero-order valence-corrected chi connectivity index (χ0v) is 11.9. The average molecular weight is 287 g/mol. The van der Waals surface area contributed by atoms with Crippen LogP contribution in [0.3, 0.4) is 0 Å². The predicted molar refractivity (Wildman–Crippen MR) is 78.1 cm³/mol. The number of nitrogens with zero attached hydrogens (tertiary/aromatic N) is 1. The van der Waals surface area contributed by atoms with E-state index in [1.165, 1.54) is 0 Å². The van der Waals surface area contributed by atoms with Crippen LogP contribution in [0.15, 0.2) is 18.2 Å². The van der Waals surface area contributed by atoms with Crippen molar-refractivity contribution in [3.8, 4) is 11.5 Å². The second kappa shape index (κ2) is 5.60. The second-order valence-electron chi connectivity index (χ2n) is 5.14. The smallest absolute Gasteiger partial charge is 0.337 e. The molecule has 1 aliphatic heterocycles. The third kappa shape index (κ3) is 2.63. The molecule has 5 heteroatoms. The Bertz CT molecular complexity index is 696. The normalized spacial score (nSPS) is 12.8. The fraction of sp³-hybridized carbons (Fsp3) is 0.375. The summed E-state index contributed by atoms with van der Waals surface area (Å²) in [6.07, 6.45) is 3.79. The van der Waals surface area contributed by atoms with Gasteiger partial charge in [0.1, 0.15) is 0 Å². The average Bonchev–Trinajstić information content (AvgIpc) is 2.91. The van der Waals surface area contributed by atoms with Gasteiger partial charge in [0.2, 0.25) is 6.79 Å². The van der Waals surface area contributed by atoms with Crippen molar-refractivity contribution in [3.63, 3.8) is 0 Å². The summed E-state index contributed by atoms with van der Waals surface area (Å²) < 4.78 is 10.7. The molecule has 0 radical (unpaired) electrons. The number of aromatic nitrogens is 1. The molecule has 1 aromatic carbocycles. The number of aromatic carboxylic acids is 1. The van der Waals surface area contributed by atoms with Crippen molar-refractivity contribution in [1.82, 2.24) is 4.98 Å². The molecule has 0 aliphatic carbocycles. The highest BCUT2D eigenvalue weighted by molar-refractivity contribution is 5.95. The first-order chi connectivity index (χ1) is 10.2. The SMILES string of the molecule is CCCCCc1nc2cc3c(cc2cc1C(=O)O)OCO3. The highest BCUT2D eigenvalue weighted by atomic mass is 16.7. The molecule has 0 bridgehead atoms. The monoisotopic (exact) mass is 287 g/mol. The fourth-order valence-corrected chi connectivity index (χ4v) is 2.52. The summed E-state index contributed by atoms with van der Waals surface area (Å²) in [7, 11) is 0. The molecular formula is C16H17NO4. The number of carboxylic acids is 1. The third-order valence-corrected chi connectivity index (χ3v) is 3.64. The van der Waals surface area contributed by atoms with Gasteiger partial charge < -0.3 is 14.6 Å². The molecule has 0 saturated carbocycles. The Hall–Kier alpha value is -2.30. The first-order valence-electron chi connectivity index (χ1n) is 7.15. The lowest BCUT2D eigenvalue weighted by atomic mass is 10.0. The van der Waals surface area contributed by atoms with E-state index in [-0.39, 0.29) is 12.4 Å². The molecule has 2 heterocycles. The second-order valence-corrected chi connectivity index (χ2v) is 5.14. The molecule has 1 N–H and O–H groups in total. The summed E-state index contributed by atoms with van der Waals surface area (Å²) in [4.78, 5) is 16.0. The van der Waals surface area contributed by atoms with Gasteiger partial charge in [-0.1, -0.05) is 19.8 Å². The van der Waals surface area contributed by atoms with Gasteiger partial charge in [-0.2, -0.15) is 0 Å². The summed E-state index contributed by atoms with van der Waals surface area (Å²) in [6, 6.07) is 5.27. The van der Waals surface area contributed by atoms with E-state index in [4.69, 9.17) is 9.47 Å². The molecule has 0 amide bonds. The number of hydrogen-bond acceptors (Lipinski definition) is 4. The van der Waals surface area contributed by atoms with E-state index in [2.05, 4.69) is 11.9 Å². The Morgan fingerprint density at radius 2 is 2.00 bits per heavy atom. The molecular weight excluding hydrogens is 270 g/mol. The van der Waals surface area contributed by atoms with Gasteiger partial charge in [-0.05, 0) is 25.0 Å². The fourth-order valence-electron chi connectivity index (χ4n) is 2.52. The van der Waals surface area contributed by atoms with Gasteiger partial charge >= 0.3 is 5.97 Å². The maximum atomic E-state index is 11.4. The van der Waals surface area contributed by atoms with Crippen LogP contribution < -0.4 is 9.47 Å². The minimum atomic E-state index is -0.937. The Labute approximate surface area is 122 Å². The zero-order chi connectivity index (χ0) is 14.8. The van der Waals surface area contributed by atoms with Crippen LogP contribution >= 0.6 is 0 Å². The summed E-state index contributed by atoms with van der Waals surface area (Å²) in [5, 5.41) is 10.1. The Kier molecular flexibility index (Phi) is 3.64. The number of carboxylic acid groups (broad SMARTS) is 1. The van der Waals surface area contributed by atoms with Crippen molar-refractivity contribution >= 4 is 16.9 Å². The van der Waals surface area contributed by atoms with Crippen molar-refractivity contribution in [3.05, 3.63) is 29.5 Å². The van der Waals surface area contributed by atoms with E-state index in [0.29, 0.717) is 23.6 Å². The van der Waals surface area contributed by atoms with Crippen molar-refractivity contribution in [2.75, 3.05) is 6.79 Å². The van der Waals surface area contributed by atoms with Gasteiger partial charge in [0.05, 0.1) is 16.8 Å². The molecule has 0 saturated heterocycles. The number of carbonyl (C=O) groups is 1. The molecule has 0 fully saturated rings. The van der Waals surface area contributed by atoms with Gasteiger partial charge in [0.15, 0.2) is 11.5 Å². The molecule has 0 unspecified atom stereocenters. The van der Waals surface area contributed by atoms with Crippen LogP contribution in [0.1, 0.15) is 42.2 Å². The number of unbranched alkanes of at least 4 members (excludes halogenated alkanes) is 2. The number of fused-ring (bicyclic) bond motifs is 2. The lowest BCUT2D eigenvalue weighted by molar-refractivity contribution is 0.0695. The Morgan fingerprint density at radius 1 is 1.24 bits per heavy atom. The molecule has 3 rings (SSSR count). The maximum absolute atomic E-state index is 11.4. The predicted octanol–water partition coefficient (Wildman–Crippen LogP) is 3.39. The van der Waals surface area contributed by atoms with Crippen LogP contribution in [0.25, 0.3) is 10.9 Å². The van der Waals surface area contributed by atoms with Crippen molar-refractivity contribution < 1.29 is 19.4 Å². The van der Waals surface area contributed by atoms with E-state index in [1.807, 2.05) is 6.07 Å². The summed E-state index contributed by atoms with van der Waals surface area (Å²) in [6.45, 7) is 2.31. The third-order valence-electron chi connectivity index (χ3n) is 3.64. The lowest BCUT2D eigenvalue weighted by Gasteiger charge is -2.08. The van der Waals surface area contributed by atoms with Gasteiger partial charge in [0, 0.05) is 11.5 Å². The van der Waals surface area contributed by atoms with Crippen LogP contribution in [0.5, 0.6) is 11.5 Å². The van der Waals surface area contributed by atoms with Crippen LogP contribution in [0, 0.1) is 0 Å². The van der Waals surface area contributed by atoms with Gasteiger partial charge in [0.25, 0.3) is 0 Å². The van der Waals surface area contributed by atoms with Crippen LogP contribution in [-0.4, -0.2) is 22.9 Å². The van der Waals surface area contributed by atoms with E-state index in [1.54, 1.807) is 12.1 Å². The lowest BCUT2D eigenvalue weighted by Crippen LogP contribution is -2.05. The number of rotatable bonds is 5. The van der Waals surface area contributed by atoms with Crippen LogP contribution in [0.2, 0.25) is 0 Å². The highest BCUT2D eigenvalue weighted by Crippen LogP contribution is 2.36. The van der Waals surface area contributed by atoms with Crippen LogP contribution in [0.4, 0.5) is 0 Å². The van der Waals surface area contributed by atoms with E-state index in [0.717, 1.165) is 30.2 Å². The molecule has 1 aromatic heterocycles. The summed E-state index contributed by atoms with van der Waals surface area (Å²) >= 11 is 0. The Morgan fingerprint density at radius 3 is 2.71 bits per heavy atom. The van der Waals surface area contributed by atoms with Crippen molar-refractivity contribution in [2.45, 2.75) is 32.6 Å². The molecule has 110 valence electrons. The molecule has 5 nitrogen and oxygen atoms in total. The number of ether oxygens (including phenoxy) is 2. The molecule has 21 heavy (non-hydrogen) atoms. The molecule has 0 atom stereocenters. The first-order valence-corrected chi connectivity index (χ1v) is 7.15. The topological polar surface area (TPSA) is 68.7 Å². The van der Waals surface area contributed by atoms with E-state index >= 15 is 0 Å². The van der Waals surface area contributed by atoms with Crippen molar-refractivity contribution in [2.24, 2.45) is 0 Å². The number of hydrogen-bond donors (Lipinski definition) is 1. The quantitative estimate of drug-likeness (QED) is 0.854. The van der Waals surface area contributed by atoms with E-state index < -0.39 is 5.97 Å². The summed E-state index contributed by atoms with van der Waals surface area (Å²) in [5.74, 6) is 0.366. The maximum Gasteiger partial charge on any atom is 0.337 e. The molecule has 0 spiro atoms. The molecule has 2 aromatic rings. The van der Waals surface area contributed by atoms with Gasteiger partial charge in [-0.25, -0.2) is 4.79 Å². The first kappa shape index (κ1) is 13.7. The molecule has 1 aliphatic rings. The van der Waals surface area contributed by atoms with Gasteiger partial charge in [-0.3, -0.25) is 4.98 Å². The summed E-state index contributed by atoms with van der Waals surface area (Å²) in [5.41, 5.74) is 1.66. The Balaban J connectivity index is 2.05. The van der Waals surface area contributed by atoms with E-state index in [9.17, 15) is 9.90 Å². The zero-order valence-electron chi connectivity index (χ0n) is 11.9. The highest BCUT2D eigenvalue weighted by Gasteiger charge is 2.18. The minimum Gasteiger partial charge on any atom is -0.478 e. The van der Waals surface area contributed by atoms with Crippen molar-refractivity contribution in [1.29, 1.82) is 0 Å². The number of aryl methyl sites for hydroxylation is 1. The number of benzene rings is 1. The largest absolute Gasteiger partial charge is 0.478 e.